The number of nitrogens with two attached hydrogens (primary N) is 1. The second-order valence-electron chi connectivity index (χ2n) is 5.83. The van der Waals surface area contributed by atoms with Crippen LogP contribution >= 0.6 is 0 Å². The molecule has 0 heterocycles. The summed E-state index contributed by atoms with van der Waals surface area (Å²) in [5.74, 6) is 2.55. The van der Waals surface area contributed by atoms with Gasteiger partial charge in [0.05, 0.1) is 0 Å². The molecule has 90 valence electrons. The Hall–Kier alpha value is -0.0400. The monoisotopic (exact) mass is 211 g/mol. The third kappa shape index (κ3) is 4.55. The van der Waals surface area contributed by atoms with E-state index in [9.17, 15) is 0 Å². The van der Waals surface area contributed by atoms with Crippen LogP contribution in [0.25, 0.3) is 0 Å². The minimum atomic E-state index is 0.467. The molecule has 1 aliphatic carbocycles. The van der Waals surface area contributed by atoms with Gasteiger partial charge in [-0.25, -0.2) is 0 Å². The van der Waals surface area contributed by atoms with Crippen molar-refractivity contribution in [3.05, 3.63) is 0 Å². The molecule has 1 heteroatoms. The van der Waals surface area contributed by atoms with Crippen molar-refractivity contribution in [1.29, 1.82) is 0 Å². The van der Waals surface area contributed by atoms with Gasteiger partial charge in [-0.05, 0) is 37.0 Å². The average Bonchev–Trinajstić information content (AvgIpc) is 2.18. The van der Waals surface area contributed by atoms with Gasteiger partial charge in [0.15, 0.2) is 0 Å². The van der Waals surface area contributed by atoms with E-state index in [1.54, 1.807) is 0 Å². The maximum atomic E-state index is 6.34. The minimum Gasteiger partial charge on any atom is -0.327 e. The second kappa shape index (κ2) is 6.52. The van der Waals surface area contributed by atoms with Gasteiger partial charge in [-0.3, -0.25) is 0 Å². The first-order valence-corrected chi connectivity index (χ1v) is 6.89. The highest BCUT2D eigenvalue weighted by molar-refractivity contribution is 4.80. The van der Waals surface area contributed by atoms with Crippen molar-refractivity contribution in [2.24, 2.45) is 23.5 Å². The Bertz CT molecular complexity index is 167. The summed E-state index contributed by atoms with van der Waals surface area (Å²) in [7, 11) is 0. The van der Waals surface area contributed by atoms with Crippen LogP contribution in [-0.4, -0.2) is 6.04 Å². The summed E-state index contributed by atoms with van der Waals surface area (Å²) in [6.45, 7) is 7.01. The fraction of sp³-hybridized carbons (Fsp3) is 1.00. The van der Waals surface area contributed by atoms with E-state index in [-0.39, 0.29) is 0 Å². The van der Waals surface area contributed by atoms with Crippen LogP contribution in [0.1, 0.15) is 65.7 Å². The highest BCUT2D eigenvalue weighted by atomic mass is 14.7. The molecule has 1 aliphatic rings. The van der Waals surface area contributed by atoms with Crippen LogP contribution in [0.5, 0.6) is 0 Å². The lowest BCUT2D eigenvalue weighted by Crippen LogP contribution is -2.34. The summed E-state index contributed by atoms with van der Waals surface area (Å²) >= 11 is 0. The Kier molecular flexibility index (Phi) is 5.66. The Balaban J connectivity index is 2.28. The van der Waals surface area contributed by atoms with E-state index in [2.05, 4.69) is 20.8 Å². The first-order valence-electron chi connectivity index (χ1n) is 6.89. The lowest BCUT2D eigenvalue weighted by atomic mass is 9.76. The van der Waals surface area contributed by atoms with Gasteiger partial charge >= 0.3 is 0 Å². The molecule has 0 aliphatic heterocycles. The van der Waals surface area contributed by atoms with E-state index in [0.29, 0.717) is 6.04 Å². The largest absolute Gasteiger partial charge is 0.327 e. The quantitative estimate of drug-likeness (QED) is 0.731. The van der Waals surface area contributed by atoms with Gasteiger partial charge in [0, 0.05) is 6.04 Å². The second-order valence-corrected chi connectivity index (χ2v) is 5.83. The van der Waals surface area contributed by atoms with Crippen molar-refractivity contribution in [1.82, 2.24) is 0 Å². The summed E-state index contributed by atoms with van der Waals surface area (Å²) in [5.41, 5.74) is 6.34. The maximum absolute atomic E-state index is 6.34. The molecule has 2 N–H and O–H groups in total. The molecular formula is C14H29N. The van der Waals surface area contributed by atoms with Crippen molar-refractivity contribution in [2.75, 3.05) is 0 Å². The average molecular weight is 211 g/mol. The van der Waals surface area contributed by atoms with Crippen molar-refractivity contribution in [3.8, 4) is 0 Å². The van der Waals surface area contributed by atoms with Crippen molar-refractivity contribution in [2.45, 2.75) is 71.8 Å². The molecule has 0 amide bonds. The Morgan fingerprint density at radius 3 is 2.67 bits per heavy atom. The molecule has 15 heavy (non-hydrogen) atoms. The third-order valence-corrected chi connectivity index (χ3v) is 4.04. The predicted octanol–water partition coefficient (Wildman–Crippen LogP) is 3.97. The lowest BCUT2D eigenvalue weighted by molar-refractivity contribution is 0.225. The first kappa shape index (κ1) is 13.0. The molecule has 1 nitrogen and oxygen atoms in total. The third-order valence-electron chi connectivity index (χ3n) is 4.04. The van der Waals surface area contributed by atoms with Gasteiger partial charge in [0.25, 0.3) is 0 Å². The molecule has 4 atom stereocenters. The molecule has 0 aromatic rings. The first-order chi connectivity index (χ1) is 7.13. The van der Waals surface area contributed by atoms with Gasteiger partial charge in [-0.1, -0.05) is 46.5 Å². The topological polar surface area (TPSA) is 26.0 Å². The fourth-order valence-electron chi connectivity index (χ4n) is 3.14. The molecule has 0 aromatic carbocycles. The predicted molar refractivity (Wildman–Crippen MR) is 67.8 cm³/mol. The van der Waals surface area contributed by atoms with Crippen LogP contribution in [0, 0.1) is 17.8 Å². The Labute approximate surface area is 95.8 Å². The Morgan fingerprint density at radius 1 is 1.33 bits per heavy atom. The summed E-state index contributed by atoms with van der Waals surface area (Å²) < 4.78 is 0. The van der Waals surface area contributed by atoms with Crippen LogP contribution < -0.4 is 5.73 Å². The molecule has 4 unspecified atom stereocenters. The molecular weight excluding hydrogens is 182 g/mol. The van der Waals surface area contributed by atoms with Crippen LogP contribution in [0.4, 0.5) is 0 Å². The lowest BCUT2D eigenvalue weighted by Gasteiger charge is -2.32. The van der Waals surface area contributed by atoms with E-state index in [1.165, 1.54) is 44.9 Å². The zero-order valence-corrected chi connectivity index (χ0v) is 10.8. The molecule has 0 radical (unpaired) electrons. The molecule has 0 saturated heterocycles. The number of rotatable bonds is 5. The van der Waals surface area contributed by atoms with Crippen molar-refractivity contribution < 1.29 is 0 Å². The fourth-order valence-corrected chi connectivity index (χ4v) is 3.14. The standard InChI is InChI=1S/C14H29N/c1-4-6-11(2)10-14(15)13-8-5-7-12(3)9-13/h11-14H,4-10,15H2,1-3H3. The molecule has 0 spiro atoms. The SMILES string of the molecule is CCCC(C)CC(N)C1CCCC(C)C1. The summed E-state index contributed by atoms with van der Waals surface area (Å²) in [6.07, 6.45) is 9.47. The van der Waals surface area contributed by atoms with E-state index >= 15 is 0 Å². The highest BCUT2D eigenvalue weighted by Crippen LogP contribution is 2.32. The number of hydrogen-bond donors (Lipinski definition) is 1. The van der Waals surface area contributed by atoms with Crippen LogP contribution in [-0.2, 0) is 0 Å². The van der Waals surface area contributed by atoms with Crippen molar-refractivity contribution >= 4 is 0 Å². The molecule has 1 rings (SSSR count). The highest BCUT2D eigenvalue weighted by Gasteiger charge is 2.24. The molecule has 1 saturated carbocycles. The normalized spacial score (nSPS) is 31.2. The zero-order valence-electron chi connectivity index (χ0n) is 10.8. The van der Waals surface area contributed by atoms with Crippen LogP contribution in [0.2, 0.25) is 0 Å². The van der Waals surface area contributed by atoms with Gasteiger partial charge in [-0.2, -0.15) is 0 Å². The maximum Gasteiger partial charge on any atom is 0.00697 e. The zero-order chi connectivity index (χ0) is 11.3. The summed E-state index contributed by atoms with van der Waals surface area (Å²) in [4.78, 5) is 0. The molecule has 0 aromatic heterocycles. The number of hydrogen-bond acceptors (Lipinski definition) is 1. The molecule has 0 bridgehead atoms. The van der Waals surface area contributed by atoms with Crippen LogP contribution in [0.3, 0.4) is 0 Å². The van der Waals surface area contributed by atoms with E-state index < -0.39 is 0 Å². The van der Waals surface area contributed by atoms with Gasteiger partial charge in [-0.15, -0.1) is 0 Å². The van der Waals surface area contributed by atoms with Crippen molar-refractivity contribution in [3.63, 3.8) is 0 Å². The smallest absolute Gasteiger partial charge is 0.00697 e. The van der Waals surface area contributed by atoms with E-state index in [4.69, 9.17) is 5.73 Å². The molecule has 1 fully saturated rings. The summed E-state index contributed by atoms with van der Waals surface area (Å²) in [6, 6.07) is 0.467. The van der Waals surface area contributed by atoms with E-state index in [0.717, 1.165) is 17.8 Å². The van der Waals surface area contributed by atoms with Gasteiger partial charge in [0.1, 0.15) is 0 Å². The Morgan fingerprint density at radius 2 is 2.07 bits per heavy atom. The van der Waals surface area contributed by atoms with Gasteiger partial charge < -0.3 is 5.73 Å². The van der Waals surface area contributed by atoms with E-state index in [1.807, 2.05) is 0 Å². The van der Waals surface area contributed by atoms with Gasteiger partial charge in [0.2, 0.25) is 0 Å². The minimum absolute atomic E-state index is 0.467. The summed E-state index contributed by atoms with van der Waals surface area (Å²) in [5, 5.41) is 0. The van der Waals surface area contributed by atoms with Crippen LogP contribution in [0.15, 0.2) is 0 Å².